The van der Waals surface area contributed by atoms with E-state index in [0.29, 0.717) is 5.69 Å². The molecule has 0 bridgehead atoms. The minimum absolute atomic E-state index is 0.000341. The van der Waals surface area contributed by atoms with Gasteiger partial charge in [0.25, 0.3) is 0 Å². The third-order valence-electron chi connectivity index (χ3n) is 2.54. The Morgan fingerprint density at radius 3 is 2.21 bits per heavy atom. The molecule has 108 valence electrons. The predicted octanol–water partition coefficient (Wildman–Crippen LogP) is -0.603. The number of nitrogens with zero attached hydrogens (tertiary/aromatic N) is 1. The number of sulfone groups is 1. The largest absolute Gasteiger partial charge is 0.398 e. The molecule has 9 heteroatoms. The number of hydrogen-bond donors (Lipinski definition) is 2. The Morgan fingerprint density at radius 2 is 1.79 bits per heavy atom. The minimum atomic E-state index is -3.85. The van der Waals surface area contributed by atoms with Crippen LogP contribution in [0.2, 0.25) is 0 Å². The van der Waals surface area contributed by atoms with Gasteiger partial charge in [-0.1, -0.05) is 0 Å². The van der Waals surface area contributed by atoms with Gasteiger partial charge in [-0.15, -0.1) is 0 Å². The van der Waals surface area contributed by atoms with E-state index >= 15 is 0 Å². The summed E-state index contributed by atoms with van der Waals surface area (Å²) in [7, 11) is -5.22. The van der Waals surface area contributed by atoms with Crippen LogP contribution in [0, 0.1) is 0 Å². The molecule has 7 nitrogen and oxygen atoms in total. The topological polar surface area (TPSA) is 124 Å². The van der Waals surface area contributed by atoms with Crippen LogP contribution in [0.3, 0.4) is 0 Å². The van der Waals surface area contributed by atoms with Gasteiger partial charge in [0, 0.05) is 25.5 Å². The Labute approximate surface area is 113 Å². The lowest BCUT2D eigenvalue weighted by Gasteiger charge is -2.19. The summed E-state index contributed by atoms with van der Waals surface area (Å²) in [5, 5.41) is 5.00. The molecule has 0 aliphatic rings. The first-order valence-corrected chi connectivity index (χ1v) is 8.92. The molecular formula is C10H17N3O4S2. The van der Waals surface area contributed by atoms with Crippen molar-refractivity contribution in [1.82, 2.24) is 0 Å². The maximum atomic E-state index is 11.2. The number of sulfonamides is 1. The third kappa shape index (κ3) is 4.69. The molecule has 0 amide bonds. The van der Waals surface area contributed by atoms with Crippen molar-refractivity contribution in [3.05, 3.63) is 18.2 Å². The molecule has 0 aliphatic carbocycles. The zero-order valence-electron chi connectivity index (χ0n) is 10.7. The standard InChI is InChI=1S/C10H17N3O4S2/c1-13(5-6-18(2,14)15)8-3-4-10(9(11)7-8)19(12,16)17/h3-4,7H,5-6,11H2,1-2H3,(H2,12,16,17). The van der Waals surface area contributed by atoms with Gasteiger partial charge in [0.15, 0.2) is 0 Å². The van der Waals surface area contributed by atoms with Gasteiger partial charge < -0.3 is 10.6 Å². The van der Waals surface area contributed by atoms with E-state index in [1.54, 1.807) is 11.9 Å². The van der Waals surface area contributed by atoms with Gasteiger partial charge >= 0.3 is 0 Å². The lowest BCUT2D eigenvalue weighted by Crippen LogP contribution is -2.25. The molecule has 0 spiro atoms. The number of nitrogens with two attached hydrogens (primary N) is 2. The monoisotopic (exact) mass is 307 g/mol. The van der Waals surface area contributed by atoms with Crippen LogP contribution >= 0.6 is 0 Å². The van der Waals surface area contributed by atoms with Crippen molar-refractivity contribution in [2.45, 2.75) is 4.90 Å². The van der Waals surface area contributed by atoms with Crippen LogP contribution in [0.5, 0.6) is 0 Å². The Bertz CT molecular complexity index is 668. The number of primary sulfonamides is 1. The molecule has 0 unspecified atom stereocenters. The number of anilines is 2. The van der Waals surface area contributed by atoms with Crippen LogP contribution in [0.15, 0.2) is 23.1 Å². The van der Waals surface area contributed by atoms with Crippen molar-refractivity contribution in [3.63, 3.8) is 0 Å². The summed E-state index contributed by atoms with van der Waals surface area (Å²) in [4.78, 5) is 1.53. The summed E-state index contributed by atoms with van der Waals surface area (Å²) < 4.78 is 44.5. The molecular weight excluding hydrogens is 290 g/mol. The van der Waals surface area contributed by atoms with Gasteiger partial charge in [-0.3, -0.25) is 0 Å². The summed E-state index contributed by atoms with van der Waals surface area (Å²) in [6.07, 6.45) is 1.15. The van der Waals surface area contributed by atoms with E-state index in [9.17, 15) is 16.8 Å². The van der Waals surface area contributed by atoms with Crippen molar-refractivity contribution in [2.24, 2.45) is 5.14 Å². The average Bonchev–Trinajstić information content (AvgIpc) is 2.22. The highest BCUT2D eigenvalue weighted by Gasteiger charge is 2.14. The number of nitrogen functional groups attached to an aromatic ring is 1. The maximum absolute atomic E-state index is 11.2. The van der Waals surface area contributed by atoms with Gasteiger partial charge in [-0.2, -0.15) is 0 Å². The zero-order valence-corrected chi connectivity index (χ0v) is 12.3. The summed E-state index contributed by atoms with van der Waals surface area (Å²) in [5.41, 5.74) is 6.28. The van der Waals surface area contributed by atoms with Crippen molar-refractivity contribution >= 4 is 31.2 Å². The fraction of sp³-hybridized carbons (Fsp3) is 0.400. The van der Waals surface area contributed by atoms with E-state index in [4.69, 9.17) is 10.9 Å². The highest BCUT2D eigenvalue weighted by Crippen LogP contribution is 2.23. The summed E-state index contributed by atoms with van der Waals surface area (Å²) >= 11 is 0. The maximum Gasteiger partial charge on any atom is 0.240 e. The van der Waals surface area contributed by atoms with E-state index in [-0.39, 0.29) is 22.9 Å². The van der Waals surface area contributed by atoms with Crippen LogP contribution < -0.4 is 15.8 Å². The molecule has 1 aromatic carbocycles. The van der Waals surface area contributed by atoms with Crippen LogP contribution in [0.25, 0.3) is 0 Å². The highest BCUT2D eigenvalue weighted by molar-refractivity contribution is 7.90. The second-order valence-electron chi connectivity index (χ2n) is 4.32. The first-order chi connectivity index (χ1) is 8.50. The van der Waals surface area contributed by atoms with E-state index < -0.39 is 19.9 Å². The normalized spacial score (nSPS) is 12.4. The number of benzene rings is 1. The molecule has 0 fully saturated rings. The molecule has 1 aromatic rings. The molecule has 0 aliphatic heterocycles. The fourth-order valence-electron chi connectivity index (χ4n) is 1.46. The van der Waals surface area contributed by atoms with Crippen molar-refractivity contribution in [3.8, 4) is 0 Å². The average molecular weight is 307 g/mol. The molecule has 0 radical (unpaired) electrons. The Balaban J connectivity index is 2.95. The molecule has 1 rings (SSSR count). The van der Waals surface area contributed by atoms with Gasteiger partial charge in [-0.05, 0) is 18.2 Å². The van der Waals surface area contributed by atoms with Gasteiger partial charge in [0.05, 0.1) is 11.4 Å². The van der Waals surface area contributed by atoms with Crippen molar-refractivity contribution < 1.29 is 16.8 Å². The summed E-state index contributed by atoms with van der Waals surface area (Å²) in [6, 6.07) is 4.28. The second kappa shape index (κ2) is 5.35. The summed E-state index contributed by atoms with van der Waals surface area (Å²) in [5.74, 6) is 0.000341. The number of rotatable bonds is 5. The van der Waals surface area contributed by atoms with Gasteiger partial charge in [0.1, 0.15) is 14.7 Å². The van der Waals surface area contributed by atoms with Crippen molar-refractivity contribution in [2.75, 3.05) is 36.2 Å². The van der Waals surface area contributed by atoms with Crippen LogP contribution in [0.4, 0.5) is 11.4 Å². The fourth-order valence-corrected chi connectivity index (χ4v) is 2.71. The Kier molecular flexibility index (Phi) is 4.43. The first kappa shape index (κ1) is 15.7. The SMILES string of the molecule is CN(CCS(C)(=O)=O)c1ccc(S(N)(=O)=O)c(N)c1. The quantitative estimate of drug-likeness (QED) is 0.700. The van der Waals surface area contributed by atoms with E-state index in [0.717, 1.165) is 6.26 Å². The third-order valence-corrected chi connectivity index (χ3v) is 4.45. The Morgan fingerprint density at radius 1 is 1.21 bits per heavy atom. The van der Waals surface area contributed by atoms with Crippen LogP contribution in [-0.2, 0) is 19.9 Å². The lowest BCUT2D eigenvalue weighted by atomic mass is 10.2. The Hall–Kier alpha value is -1.32. The van der Waals surface area contributed by atoms with Crippen LogP contribution in [-0.4, -0.2) is 42.4 Å². The first-order valence-electron chi connectivity index (χ1n) is 5.32. The molecule has 0 saturated heterocycles. The number of hydrogen-bond acceptors (Lipinski definition) is 6. The summed E-state index contributed by atoms with van der Waals surface area (Å²) in [6.45, 7) is 0.285. The van der Waals surface area contributed by atoms with E-state index in [1.165, 1.54) is 18.2 Å². The minimum Gasteiger partial charge on any atom is -0.398 e. The lowest BCUT2D eigenvalue weighted by molar-refractivity contribution is 0.597. The van der Waals surface area contributed by atoms with E-state index in [1.807, 2.05) is 0 Å². The molecule has 19 heavy (non-hydrogen) atoms. The van der Waals surface area contributed by atoms with E-state index in [2.05, 4.69) is 0 Å². The molecule has 0 aromatic heterocycles. The molecule has 0 atom stereocenters. The predicted molar refractivity (Wildman–Crippen MR) is 75.2 cm³/mol. The highest BCUT2D eigenvalue weighted by atomic mass is 32.2. The van der Waals surface area contributed by atoms with Crippen molar-refractivity contribution in [1.29, 1.82) is 0 Å². The second-order valence-corrected chi connectivity index (χ2v) is 8.11. The van der Waals surface area contributed by atoms with Gasteiger partial charge in [0.2, 0.25) is 10.0 Å². The molecule has 4 N–H and O–H groups in total. The van der Waals surface area contributed by atoms with Gasteiger partial charge in [-0.25, -0.2) is 22.0 Å². The smallest absolute Gasteiger partial charge is 0.240 e. The zero-order chi connectivity index (χ0) is 14.8. The molecule has 0 saturated carbocycles. The molecule has 0 heterocycles. The van der Waals surface area contributed by atoms with Crippen LogP contribution in [0.1, 0.15) is 0 Å².